The van der Waals surface area contributed by atoms with Gasteiger partial charge >= 0.3 is 0 Å². The molecule has 0 spiro atoms. The van der Waals surface area contributed by atoms with Crippen molar-refractivity contribution in [1.29, 1.82) is 0 Å². The van der Waals surface area contributed by atoms with E-state index in [2.05, 4.69) is 4.98 Å². The quantitative estimate of drug-likeness (QED) is 0.473. The lowest BCUT2D eigenvalue weighted by molar-refractivity contribution is -0.384. The van der Waals surface area contributed by atoms with Crippen LogP contribution in [0.25, 0.3) is 0 Å². The van der Waals surface area contributed by atoms with E-state index < -0.39 is 16.7 Å². The van der Waals surface area contributed by atoms with Crippen molar-refractivity contribution < 1.29 is 14.5 Å². The third-order valence-electron chi connectivity index (χ3n) is 3.52. The predicted molar refractivity (Wildman–Crippen MR) is 75.3 cm³/mol. The Kier molecular flexibility index (Phi) is 3.42. The second-order valence-corrected chi connectivity index (χ2v) is 4.90. The van der Waals surface area contributed by atoms with E-state index in [0.717, 1.165) is 11.0 Å². The molecule has 1 aromatic heterocycles. The Morgan fingerprint density at radius 2 is 1.91 bits per heavy atom. The van der Waals surface area contributed by atoms with E-state index in [1.54, 1.807) is 18.7 Å². The van der Waals surface area contributed by atoms with Crippen molar-refractivity contribution in [2.75, 3.05) is 6.54 Å². The zero-order valence-electron chi connectivity index (χ0n) is 11.5. The van der Waals surface area contributed by atoms with Gasteiger partial charge < -0.3 is 4.57 Å². The fourth-order valence-corrected chi connectivity index (χ4v) is 2.43. The SMILES string of the molecule is O=C1c2ccc([N+](=O)[O-])cc2C(=O)N1CCCn1ccnc1. The number of aromatic nitrogens is 2. The van der Waals surface area contributed by atoms with Crippen LogP contribution < -0.4 is 0 Å². The van der Waals surface area contributed by atoms with Gasteiger partial charge in [0.05, 0.1) is 22.4 Å². The van der Waals surface area contributed by atoms with Gasteiger partial charge in [0, 0.05) is 37.6 Å². The first-order valence-corrected chi connectivity index (χ1v) is 6.68. The van der Waals surface area contributed by atoms with Crippen LogP contribution >= 0.6 is 0 Å². The first-order valence-electron chi connectivity index (χ1n) is 6.68. The summed E-state index contributed by atoms with van der Waals surface area (Å²) in [6.45, 7) is 0.895. The van der Waals surface area contributed by atoms with Gasteiger partial charge in [0.15, 0.2) is 0 Å². The fraction of sp³-hybridized carbons (Fsp3) is 0.214. The number of amides is 2. The van der Waals surface area contributed by atoms with Crippen molar-refractivity contribution in [3.05, 3.63) is 58.2 Å². The molecule has 8 heteroatoms. The Bertz CT molecular complexity index is 754. The van der Waals surface area contributed by atoms with Gasteiger partial charge in [0.2, 0.25) is 0 Å². The first kappa shape index (κ1) is 13.9. The molecule has 0 saturated carbocycles. The van der Waals surface area contributed by atoms with Crippen LogP contribution in [0.3, 0.4) is 0 Å². The number of carbonyl (C=O) groups excluding carboxylic acids is 2. The standard InChI is InChI=1S/C14H12N4O4/c19-13-11-3-2-10(18(21)22)8-12(11)14(20)17(13)6-1-5-16-7-4-15-9-16/h2-4,7-9H,1,5-6H2. The van der Waals surface area contributed by atoms with Crippen LogP contribution in [0.2, 0.25) is 0 Å². The molecule has 112 valence electrons. The van der Waals surface area contributed by atoms with Gasteiger partial charge in [-0.1, -0.05) is 0 Å². The van der Waals surface area contributed by atoms with Gasteiger partial charge in [-0.15, -0.1) is 0 Å². The number of nitro groups is 1. The topological polar surface area (TPSA) is 98.3 Å². The van der Waals surface area contributed by atoms with E-state index in [0.29, 0.717) is 13.0 Å². The maximum absolute atomic E-state index is 12.2. The van der Waals surface area contributed by atoms with Crippen molar-refractivity contribution in [1.82, 2.24) is 14.5 Å². The van der Waals surface area contributed by atoms with Crippen LogP contribution in [-0.4, -0.2) is 37.7 Å². The summed E-state index contributed by atoms with van der Waals surface area (Å²) in [7, 11) is 0. The molecule has 22 heavy (non-hydrogen) atoms. The maximum atomic E-state index is 12.2. The van der Waals surface area contributed by atoms with E-state index in [4.69, 9.17) is 0 Å². The van der Waals surface area contributed by atoms with E-state index in [-0.39, 0.29) is 23.4 Å². The van der Waals surface area contributed by atoms with Crippen molar-refractivity contribution in [2.24, 2.45) is 0 Å². The van der Waals surface area contributed by atoms with E-state index in [1.165, 1.54) is 12.1 Å². The Balaban J connectivity index is 1.73. The van der Waals surface area contributed by atoms with Crippen LogP contribution in [0.15, 0.2) is 36.9 Å². The molecule has 2 amide bonds. The van der Waals surface area contributed by atoms with Crippen LogP contribution in [0.1, 0.15) is 27.1 Å². The fourth-order valence-electron chi connectivity index (χ4n) is 2.43. The van der Waals surface area contributed by atoms with Gasteiger partial charge in [0.1, 0.15) is 0 Å². The number of non-ortho nitro benzene ring substituents is 1. The van der Waals surface area contributed by atoms with Crippen molar-refractivity contribution in [3.63, 3.8) is 0 Å². The summed E-state index contributed by atoms with van der Waals surface area (Å²) in [6.07, 6.45) is 5.70. The molecule has 0 bridgehead atoms. The summed E-state index contributed by atoms with van der Waals surface area (Å²) in [6, 6.07) is 3.73. The third kappa shape index (κ3) is 2.34. The zero-order valence-corrected chi connectivity index (χ0v) is 11.5. The summed E-state index contributed by atoms with van der Waals surface area (Å²) in [5, 5.41) is 10.8. The van der Waals surface area contributed by atoms with E-state index in [1.807, 2.05) is 4.57 Å². The minimum absolute atomic E-state index is 0.0989. The summed E-state index contributed by atoms with van der Waals surface area (Å²) in [4.78, 5) is 39.7. The molecule has 0 saturated heterocycles. The minimum Gasteiger partial charge on any atom is -0.337 e. The number of imide groups is 1. The molecule has 2 aromatic rings. The van der Waals surface area contributed by atoms with E-state index >= 15 is 0 Å². The molecular weight excluding hydrogens is 288 g/mol. The number of nitro benzene ring substituents is 1. The maximum Gasteiger partial charge on any atom is 0.270 e. The lowest BCUT2D eigenvalue weighted by Crippen LogP contribution is -2.31. The Labute approximate surface area is 125 Å². The minimum atomic E-state index is -0.584. The number of fused-ring (bicyclic) bond motifs is 1. The number of imidazole rings is 1. The summed E-state index contributed by atoms with van der Waals surface area (Å²) in [5.74, 6) is -0.880. The predicted octanol–water partition coefficient (Wildman–Crippen LogP) is 1.48. The summed E-state index contributed by atoms with van der Waals surface area (Å²) < 4.78 is 1.85. The second kappa shape index (κ2) is 5.40. The van der Waals surface area contributed by atoms with Gasteiger partial charge in [-0.05, 0) is 12.5 Å². The number of hydrogen-bond acceptors (Lipinski definition) is 5. The van der Waals surface area contributed by atoms with Crippen LogP contribution in [0.4, 0.5) is 5.69 Å². The number of nitrogens with zero attached hydrogens (tertiary/aromatic N) is 4. The number of benzene rings is 1. The number of rotatable bonds is 5. The average Bonchev–Trinajstić information content (AvgIpc) is 3.10. The molecule has 1 aliphatic heterocycles. The van der Waals surface area contributed by atoms with Crippen molar-refractivity contribution in [2.45, 2.75) is 13.0 Å². The molecule has 0 unspecified atom stereocenters. The van der Waals surface area contributed by atoms with Gasteiger partial charge in [0.25, 0.3) is 17.5 Å². The lowest BCUT2D eigenvalue weighted by atomic mass is 10.1. The smallest absolute Gasteiger partial charge is 0.270 e. The van der Waals surface area contributed by atoms with Crippen LogP contribution in [0, 0.1) is 10.1 Å². The largest absolute Gasteiger partial charge is 0.337 e. The second-order valence-electron chi connectivity index (χ2n) is 4.90. The molecule has 0 atom stereocenters. The monoisotopic (exact) mass is 300 g/mol. The molecule has 0 radical (unpaired) electrons. The number of carbonyl (C=O) groups is 2. The molecule has 0 aliphatic carbocycles. The molecule has 1 aliphatic rings. The zero-order chi connectivity index (χ0) is 15.7. The summed E-state index contributed by atoms with van der Waals surface area (Å²) in [5.41, 5.74) is 0.125. The van der Waals surface area contributed by atoms with E-state index in [9.17, 15) is 19.7 Å². The average molecular weight is 300 g/mol. The lowest BCUT2D eigenvalue weighted by Gasteiger charge is -2.13. The molecule has 1 aromatic carbocycles. The molecule has 3 rings (SSSR count). The third-order valence-corrected chi connectivity index (χ3v) is 3.52. The number of hydrogen-bond donors (Lipinski definition) is 0. The highest BCUT2D eigenvalue weighted by atomic mass is 16.6. The molecule has 0 fully saturated rings. The molecule has 0 N–H and O–H groups in total. The molecule has 8 nitrogen and oxygen atoms in total. The Morgan fingerprint density at radius 3 is 2.59 bits per heavy atom. The van der Waals surface area contributed by atoms with Gasteiger partial charge in [-0.25, -0.2) is 4.98 Å². The van der Waals surface area contributed by atoms with Gasteiger partial charge in [-0.3, -0.25) is 24.6 Å². The Hall–Kier alpha value is -3.03. The molecular formula is C14H12N4O4. The first-order chi connectivity index (χ1) is 10.6. The van der Waals surface area contributed by atoms with Crippen molar-refractivity contribution in [3.8, 4) is 0 Å². The normalized spacial score (nSPS) is 13.5. The summed E-state index contributed by atoms with van der Waals surface area (Å²) >= 11 is 0. The number of aryl methyl sites for hydroxylation is 1. The highest BCUT2D eigenvalue weighted by molar-refractivity contribution is 6.21. The Morgan fingerprint density at radius 1 is 1.14 bits per heavy atom. The van der Waals surface area contributed by atoms with Crippen molar-refractivity contribution >= 4 is 17.5 Å². The van der Waals surface area contributed by atoms with Crippen LogP contribution in [-0.2, 0) is 6.54 Å². The highest BCUT2D eigenvalue weighted by Crippen LogP contribution is 2.26. The van der Waals surface area contributed by atoms with Gasteiger partial charge in [-0.2, -0.15) is 0 Å². The molecule has 2 heterocycles. The van der Waals surface area contributed by atoms with Crippen LogP contribution in [0.5, 0.6) is 0 Å². The highest BCUT2D eigenvalue weighted by Gasteiger charge is 2.36.